The van der Waals surface area contributed by atoms with Crippen LogP contribution in [0.3, 0.4) is 0 Å². The molecule has 102 valence electrons. The van der Waals surface area contributed by atoms with Gasteiger partial charge in [0, 0.05) is 10.9 Å². The van der Waals surface area contributed by atoms with Gasteiger partial charge < -0.3 is 5.32 Å². The quantitative estimate of drug-likeness (QED) is 0.672. The van der Waals surface area contributed by atoms with Crippen LogP contribution in [0.15, 0.2) is 29.2 Å². The van der Waals surface area contributed by atoms with Gasteiger partial charge in [-0.3, -0.25) is 0 Å². The number of thioether (sulfide) groups is 1. The first-order valence-corrected chi connectivity index (χ1v) is 8.08. The fourth-order valence-electron chi connectivity index (χ4n) is 1.74. The fourth-order valence-corrected chi connectivity index (χ4v) is 2.90. The molecule has 0 aliphatic rings. The van der Waals surface area contributed by atoms with Gasteiger partial charge in [0.15, 0.2) is 0 Å². The Labute approximate surface area is 117 Å². The number of hydrogen-bond acceptors (Lipinski definition) is 2. The summed E-state index contributed by atoms with van der Waals surface area (Å²) in [5.41, 5.74) is 1.39. The molecule has 18 heavy (non-hydrogen) atoms. The van der Waals surface area contributed by atoms with E-state index in [0.717, 1.165) is 12.5 Å². The molecular weight excluding hydrogens is 238 g/mol. The van der Waals surface area contributed by atoms with E-state index in [9.17, 15) is 0 Å². The molecule has 0 spiro atoms. The Hall–Kier alpha value is -0.470. The van der Waals surface area contributed by atoms with E-state index in [1.807, 2.05) is 11.8 Å². The molecule has 1 N–H and O–H groups in total. The molecule has 0 saturated heterocycles. The summed E-state index contributed by atoms with van der Waals surface area (Å²) in [6.45, 7) is 10.1. The van der Waals surface area contributed by atoms with Crippen molar-refractivity contribution in [3.05, 3.63) is 29.8 Å². The molecular formula is C16H27NS. The van der Waals surface area contributed by atoms with Crippen molar-refractivity contribution in [3.63, 3.8) is 0 Å². The van der Waals surface area contributed by atoms with Crippen molar-refractivity contribution in [2.45, 2.75) is 51.5 Å². The Morgan fingerprint density at radius 1 is 1.11 bits per heavy atom. The maximum Gasteiger partial charge on any atom is 0.0291 e. The van der Waals surface area contributed by atoms with Crippen LogP contribution in [-0.2, 0) is 0 Å². The van der Waals surface area contributed by atoms with Gasteiger partial charge in [0.2, 0.25) is 0 Å². The van der Waals surface area contributed by atoms with Crippen molar-refractivity contribution in [1.29, 1.82) is 0 Å². The number of hydrogen-bond donors (Lipinski definition) is 1. The topological polar surface area (TPSA) is 12.0 Å². The summed E-state index contributed by atoms with van der Waals surface area (Å²) in [5.74, 6) is 2.02. The van der Waals surface area contributed by atoms with Gasteiger partial charge in [-0.15, -0.1) is 11.8 Å². The molecule has 0 fully saturated rings. The number of benzene rings is 1. The summed E-state index contributed by atoms with van der Waals surface area (Å²) in [6.07, 6.45) is 2.48. The Bertz CT molecular complexity index is 318. The monoisotopic (exact) mass is 265 g/mol. The average Bonchev–Trinajstić information content (AvgIpc) is 2.36. The lowest BCUT2D eigenvalue weighted by Gasteiger charge is -2.14. The van der Waals surface area contributed by atoms with E-state index in [-0.39, 0.29) is 0 Å². The average molecular weight is 265 g/mol. The molecule has 0 radical (unpaired) electrons. The lowest BCUT2D eigenvalue weighted by molar-refractivity contribution is 0.570. The van der Waals surface area contributed by atoms with Crippen LogP contribution in [0.1, 0.15) is 52.1 Å². The van der Waals surface area contributed by atoms with Crippen LogP contribution in [0.2, 0.25) is 0 Å². The van der Waals surface area contributed by atoms with Crippen LogP contribution in [0.5, 0.6) is 0 Å². The van der Waals surface area contributed by atoms with Crippen molar-refractivity contribution in [2.24, 2.45) is 5.92 Å². The normalized spacial score (nSPS) is 12.9. The van der Waals surface area contributed by atoms with Crippen LogP contribution in [0, 0.1) is 5.92 Å². The SMILES string of the molecule is CCCNC(C)c1ccc(SCCC(C)C)cc1. The summed E-state index contributed by atoms with van der Waals surface area (Å²) in [7, 11) is 0. The molecule has 1 aromatic rings. The molecule has 1 nitrogen and oxygen atoms in total. The largest absolute Gasteiger partial charge is 0.310 e. The third kappa shape index (κ3) is 5.92. The van der Waals surface area contributed by atoms with E-state index in [2.05, 4.69) is 57.3 Å². The molecule has 0 saturated carbocycles. The Morgan fingerprint density at radius 3 is 2.33 bits per heavy atom. The predicted octanol–water partition coefficient (Wildman–Crippen LogP) is 4.89. The minimum absolute atomic E-state index is 0.458. The van der Waals surface area contributed by atoms with Gasteiger partial charge >= 0.3 is 0 Å². The van der Waals surface area contributed by atoms with Gasteiger partial charge in [-0.25, -0.2) is 0 Å². The second kappa shape index (κ2) is 8.60. The van der Waals surface area contributed by atoms with E-state index < -0.39 is 0 Å². The molecule has 0 amide bonds. The zero-order valence-corrected chi connectivity index (χ0v) is 13.0. The molecule has 0 aromatic heterocycles. The molecule has 0 aliphatic carbocycles. The van der Waals surface area contributed by atoms with Crippen LogP contribution < -0.4 is 5.32 Å². The van der Waals surface area contributed by atoms with E-state index in [4.69, 9.17) is 0 Å². The van der Waals surface area contributed by atoms with Gasteiger partial charge in [0.25, 0.3) is 0 Å². The lowest BCUT2D eigenvalue weighted by Crippen LogP contribution is -2.19. The maximum absolute atomic E-state index is 3.52. The predicted molar refractivity (Wildman–Crippen MR) is 83.3 cm³/mol. The van der Waals surface area contributed by atoms with Gasteiger partial charge in [-0.1, -0.05) is 32.9 Å². The van der Waals surface area contributed by atoms with E-state index in [1.165, 1.54) is 29.1 Å². The number of nitrogens with one attached hydrogen (secondary N) is 1. The lowest BCUT2D eigenvalue weighted by atomic mass is 10.1. The van der Waals surface area contributed by atoms with E-state index >= 15 is 0 Å². The molecule has 2 heteroatoms. The minimum atomic E-state index is 0.458. The third-order valence-electron chi connectivity index (χ3n) is 3.04. The summed E-state index contributed by atoms with van der Waals surface area (Å²) in [6, 6.07) is 9.48. The van der Waals surface area contributed by atoms with Gasteiger partial charge in [-0.2, -0.15) is 0 Å². The van der Waals surface area contributed by atoms with E-state index in [1.54, 1.807) is 0 Å². The molecule has 1 aromatic carbocycles. The van der Waals surface area contributed by atoms with Crippen molar-refractivity contribution in [2.75, 3.05) is 12.3 Å². The maximum atomic E-state index is 3.52. The molecule has 1 atom stereocenters. The van der Waals surface area contributed by atoms with Crippen molar-refractivity contribution in [1.82, 2.24) is 5.32 Å². The van der Waals surface area contributed by atoms with Gasteiger partial charge in [0.05, 0.1) is 0 Å². The molecule has 0 heterocycles. The highest BCUT2D eigenvalue weighted by Crippen LogP contribution is 2.22. The fraction of sp³-hybridized carbons (Fsp3) is 0.625. The van der Waals surface area contributed by atoms with Crippen molar-refractivity contribution < 1.29 is 0 Å². The van der Waals surface area contributed by atoms with Crippen LogP contribution in [0.4, 0.5) is 0 Å². The Kier molecular flexibility index (Phi) is 7.45. The van der Waals surface area contributed by atoms with Crippen molar-refractivity contribution in [3.8, 4) is 0 Å². The highest BCUT2D eigenvalue weighted by molar-refractivity contribution is 7.99. The second-order valence-corrected chi connectivity index (χ2v) is 6.44. The standard InChI is InChI=1S/C16H27NS/c1-5-11-17-14(4)15-6-8-16(9-7-15)18-12-10-13(2)3/h6-9,13-14,17H,5,10-12H2,1-4H3. The Balaban J connectivity index is 2.41. The first-order chi connectivity index (χ1) is 8.63. The first-order valence-electron chi connectivity index (χ1n) is 7.09. The first kappa shape index (κ1) is 15.6. The zero-order chi connectivity index (χ0) is 13.4. The Morgan fingerprint density at radius 2 is 1.78 bits per heavy atom. The second-order valence-electron chi connectivity index (χ2n) is 5.28. The summed E-state index contributed by atoms with van der Waals surface area (Å²) in [5, 5.41) is 3.52. The minimum Gasteiger partial charge on any atom is -0.310 e. The van der Waals surface area contributed by atoms with Crippen LogP contribution in [0.25, 0.3) is 0 Å². The summed E-state index contributed by atoms with van der Waals surface area (Å²) < 4.78 is 0. The number of rotatable bonds is 8. The smallest absolute Gasteiger partial charge is 0.0291 e. The zero-order valence-electron chi connectivity index (χ0n) is 12.2. The molecule has 1 unspecified atom stereocenters. The molecule has 0 aliphatic heterocycles. The van der Waals surface area contributed by atoms with Crippen LogP contribution >= 0.6 is 11.8 Å². The molecule has 1 rings (SSSR count). The molecule has 0 bridgehead atoms. The van der Waals surface area contributed by atoms with Gasteiger partial charge in [-0.05, 0) is 55.7 Å². The highest BCUT2D eigenvalue weighted by atomic mass is 32.2. The van der Waals surface area contributed by atoms with E-state index in [0.29, 0.717) is 6.04 Å². The van der Waals surface area contributed by atoms with Crippen molar-refractivity contribution >= 4 is 11.8 Å². The van der Waals surface area contributed by atoms with Gasteiger partial charge in [0.1, 0.15) is 0 Å². The third-order valence-corrected chi connectivity index (χ3v) is 4.09. The highest BCUT2D eigenvalue weighted by Gasteiger charge is 2.04. The summed E-state index contributed by atoms with van der Waals surface area (Å²) >= 11 is 1.97. The summed E-state index contributed by atoms with van der Waals surface area (Å²) in [4.78, 5) is 1.39. The van der Waals surface area contributed by atoms with Crippen LogP contribution in [-0.4, -0.2) is 12.3 Å².